The summed E-state index contributed by atoms with van der Waals surface area (Å²) in [6.07, 6.45) is 1.81. The fourth-order valence-corrected chi connectivity index (χ4v) is 3.37. The Hall–Kier alpha value is -2.80. The molecule has 0 radical (unpaired) electrons. The molecule has 150 valence electrons. The Morgan fingerprint density at radius 2 is 1.86 bits per heavy atom. The Morgan fingerprint density at radius 3 is 2.50 bits per heavy atom. The van der Waals surface area contributed by atoms with E-state index in [-0.39, 0.29) is 11.9 Å². The molecule has 1 aromatic carbocycles. The predicted molar refractivity (Wildman–Crippen MR) is 109 cm³/mol. The Balaban J connectivity index is 1.50. The van der Waals surface area contributed by atoms with Gasteiger partial charge in [0.15, 0.2) is 11.5 Å². The normalized spacial score (nSPS) is 15.8. The Labute approximate surface area is 166 Å². The topological polar surface area (TPSA) is 66.9 Å². The lowest BCUT2D eigenvalue weighted by atomic mass is 10.1. The van der Waals surface area contributed by atoms with Gasteiger partial charge in [0.05, 0.1) is 20.3 Å². The molecule has 2 heterocycles. The number of anilines is 1. The van der Waals surface area contributed by atoms with Gasteiger partial charge in [-0.05, 0) is 36.8 Å². The summed E-state index contributed by atoms with van der Waals surface area (Å²) in [5.41, 5.74) is 0.971. The van der Waals surface area contributed by atoms with Crippen molar-refractivity contribution in [1.29, 1.82) is 0 Å². The van der Waals surface area contributed by atoms with Gasteiger partial charge in [-0.2, -0.15) is 0 Å². The van der Waals surface area contributed by atoms with E-state index in [1.165, 1.54) is 0 Å². The molecule has 1 atom stereocenters. The van der Waals surface area contributed by atoms with Gasteiger partial charge >= 0.3 is 0 Å². The number of piperazine rings is 1. The van der Waals surface area contributed by atoms with Gasteiger partial charge in [-0.3, -0.25) is 9.69 Å². The quantitative estimate of drug-likeness (QED) is 0.787. The van der Waals surface area contributed by atoms with E-state index in [9.17, 15) is 4.79 Å². The maximum atomic E-state index is 12.6. The van der Waals surface area contributed by atoms with Crippen molar-refractivity contribution in [2.75, 3.05) is 45.3 Å². The number of aromatic nitrogens is 1. The highest BCUT2D eigenvalue weighted by molar-refractivity contribution is 5.81. The molecule has 2 aromatic rings. The van der Waals surface area contributed by atoms with Crippen molar-refractivity contribution in [3.63, 3.8) is 0 Å². The molecular formula is C21H28N4O3. The second-order valence-electron chi connectivity index (χ2n) is 6.79. The van der Waals surface area contributed by atoms with Crippen molar-refractivity contribution < 1.29 is 14.3 Å². The van der Waals surface area contributed by atoms with Crippen LogP contribution < -0.4 is 19.7 Å². The van der Waals surface area contributed by atoms with E-state index in [1.807, 2.05) is 49.5 Å². The molecule has 7 nitrogen and oxygen atoms in total. The fraction of sp³-hybridized carbons (Fsp3) is 0.429. The number of nitrogens with one attached hydrogen (secondary N) is 1. The number of benzene rings is 1. The number of methoxy groups -OCH3 is 2. The molecule has 1 saturated heterocycles. The van der Waals surface area contributed by atoms with Crippen LogP contribution >= 0.6 is 0 Å². The number of pyridine rings is 1. The summed E-state index contributed by atoms with van der Waals surface area (Å²) in [5.74, 6) is 2.36. The summed E-state index contributed by atoms with van der Waals surface area (Å²) in [6.45, 7) is 5.81. The van der Waals surface area contributed by atoms with Gasteiger partial charge in [-0.1, -0.05) is 12.1 Å². The van der Waals surface area contributed by atoms with Crippen molar-refractivity contribution in [2.24, 2.45) is 0 Å². The molecule has 0 unspecified atom stereocenters. The molecule has 1 amide bonds. The lowest BCUT2D eigenvalue weighted by Crippen LogP contribution is -2.54. The average molecular weight is 384 g/mol. The van der Waals surface area contributed by atoms with Crippen molar-refractivity contribution in [1.82, 2.24) is 15.2 Å². The fourth-order valence-electron chi connectivity index (χ4n) is 3.37. The maximum Gasteiger partial charge on any atom is 0.237 e. The third-order valence-corrected chi connectivity index (χ3v) is 5.13. The molecule has 0 bridgehead atoms. The number of carbonyl (C=O) groups excluding carboxylic acids is 1. The van der Waals surface area contributed by atoms with Crippen LogP contribution in [0.2, 0.25) is 0 Å². The van der Waals surface area contributed by atoms with Gasteiger partial charge in [0.25, 0.3) is 0 Å². The molecule has 1 aliphatic heterocycles. The van der Waals surface area contributed by atoms with Crippen LogP contribution in [0.1, 0.15) is 12.5 Å². The van der Waals surface area contributed by atoms with Crippen LogP contribution in [-0.2, 0) is 11.3 Å². The molecule has 28 heavy (non-hydrogen) atoms. The van der Waals surface area contributed by atoms with E-state index >= 15 is 0 Å². The van der Waals surface area contributed by atoms with Gasteiger partial charge in [-0.25, -0.2) is 4.98 Å². The smallest absolute Gasteiger partial charge is 0.237 e. The summed E-state index contributed by atoms with van der Waals surface area (Å²) < 4.78 is 10.6. The molecule has 3 rings (SSSR count). The average Bonchev–Trinajstić information content (AvgIpc) is 2.77. The lowest BCUT2D eigenvalue weighted by molar-refractivity contribution is -0.126. The summed E-state index contributed by atoms with van der Waals surface area (Å²) in [4.78, 5) is 21.5. The second kappa shape index (κ2) is 9.41. The molecule has 1 fully saturated rings. The van der Waals surface area contributed by atoms with Gasteiger partial charge < -0.3 is 19.7 Å². The van der Waals surface area contributed by atoms with E-state index in [1.54, 1.807) is 14.2 Å². The van der Waals surface area contributed by atoms with Crippen LogP contribution in [-0.4, -0.2) is 62.2 Å². The minimum absolute atomic E-state index is 0.0288. The van der Waals surface area contributed by atoms with Crippen LogP contribution in [0.5, 0.6) is 11.5 Å². The van der Waals surface area contributed by atoms with Crippen LogP contribution in [0, 0.1) is 0 Å². The Morgan fingerprint density at radius 1 is 1.11 bits per heavy atom. The number of amides is 1. The molecule has 1 N–H and O–H groups in total. The number of rotatable bonds is 7. The van der Waals surface area contributed by atoms with E-state index in [0.717, 1.165) is 37.6 Å². The first-order valence-corrected chi connectivity index (χ1v) is 9.51. The Kier molecular flexibility index (Phi) is 6.71. The maximum absolute atomic E-state index is 12.6. The third-order valence-electron chi connectivity index (χ3n) is 5.13. The highest BCUT2D eigenvalue weighted by Crippen LogP contribution is 2.27. The molecule has 1 aromatic heterocycles. The summed E-state index contributed by atoms with van der Waals surface area (Å²) >= 11 is 0. The second-order valence-corrected chi connectivity index (χ2v) is 6.79. The van der Waals surface area contributed by atoms with Gasteiger partial charge in [0.2, 0.25) is 5.91 Å². The minimum atomic E-state index is -0.175. The van der Waals surface area contributed by atoms with Gasteiger partial charge in [-0.15, -0.1) is 0 Å². The Bertz CT molecular complexity index is 776. The monoisotopic (exact) mass is 384 g/mol. The van der Waals surface area contributed by atoms with Crippen LogP contribution in [0.25, 0.3) is 0 Å². The zero-order valence-electron chi connectivity index (χ0n) is 16.7. The lowest BCUT2D eigenvalue weighted by Gasteiger charge is -2.37. The summed E-state index contributed by atoms with van der Waals surface area (Å²) in [5, 5.41) is 3.02. The molecule has 0 spiro atoms. The van der Waals surface area contributed by atoms with Crippen molar-refractivity contribution >= 4 is 11.7 Å². The first kappa shape index (κ1) is 19.9. The standard InChI is InChI=1S/C21H28N4O3/c1-16(24-10-12-25(13-11-24)20-6-4-5-9-22-20)21(26)23-15-17-7-8-18(27-2)19(14-17)28-3/h4-9,14,16H,10-13,15H2,1-3H3,(H,23,26)/t16-/m1/s1. The summed E-state index contributed by atoms with van der Waals surface area (Å²) in [6, 6.07) is 11.4. The predicted octanol–water partition coefficient (Wildman–Crippen LogP) is 1.93. The highest BCUT2D eigenvalue weighted by atomic mass is 16.5. The van der Waals surface area contributed by atoms with Crippen molar-refractivity contribution in [3.8, 4) is 11.5 Å². The van der Waals surface area contributed by atoms with E-state index in [2.05, 4.69) is 20.1 Å². The number of nitrogens with zero attached hydrogens (tertiary/aromatic N) is 3. The number of carbonyl (C=O) groups is 1. The molecule has 0 saturated carbocycles. The van der Waals surface area contributed by atoms with Crippen LogP contribution in [0.4, 0.5) is 5.82 Å². The van der Waals surface area contributed by atoms with E-state index in [0.29, 0.717) is 18.0 Å². The molecular weight excluding hydrogens is 356 g/mol. The van der Waals surface area contributed by atoms with Gasteiger partial charge in [0, 0.05) is 38.9 Å². The van der Waals surface area contributed by atoms with Gasteiger partial charge in [0.1, 0.15) is 5.82 Å². The molecule has 0 aliphatic carbocycles. The van der Waals surface area contributed by atoms with E-state index in [4.69, 9.17) is 9.47 Å². The highest BCUT2D eigenvalue weighted by Gasteiger charge is 2.25. The largest absolute Gasteiger partial charge is 0.493 e. The van der Waals surface area contributed by atoms with Crippen molar-refractivity contribution in [3.05, 3.63) is 48.2 Å². The summed E-state index contributed by atoms with van der Waals surface area (Å²) in [7, 11) is 3.21. The van der Waals surface area contributed by atoms with Crippen molar-refractivity contribution in [2.45, 2.75) is 19.5 Å². The van der Waals surface area contributed by atoms with Crippen LogP contribution in [0.15, 0.2) is 42.6 Å². The number of hydrogen-bond donors (Lipinski definition) is 1. The number of ether oxygens (including phenoxy) is 2. The molecule has 7 heteroatoms. The minimum Gasteiger partial charge on any atom is -0.493 e. The van der Waals surface area contributed by atoms with E-state index < -0.39 is 0 Å². The zero-order chi connectivity index (χ0) is 19.9. The third kappa shape index (κ3) is 4.72. The molecule has 1 aliphatic rings. The number of hydrogen-bond acceptors (Lipinski definition) is 6. The zero-order valence-corrected chi connectivity index (χ0v) is 16.7. The first-order valence-electron chi connectivity index (χ1n) is 9.51. The van der Waals surface area contributed by atoms with Crippen LogP contribution in [0.3, 0.4) is 0 Å². The first-order chi connectivity index (χ1) is 13.6. The SMILES string of the molecule is COc1ccc(CNC(=O)[C@@H](C)N2CCN(c3ccccn3)CC2)cc1OC.